The molecule has 3 N–H and O–H groups in total. The van der Waals surface area contributed by atoms with Crippen molar-refractivity contribution in [2.24, 2.45) is 0 Å². The number of hydrogen-bond acceptors (Lipinski definition) is 5. The van der Waals surface area contributed by atoms with Gasteiger partial charge in [0.15, 0.2) is 11.6 Å². The van der Waals surface area contributed by atoms with Crippen LogP contribution in [0.15, 0.2) is 23.3 Å². The average Bonchev–Trinajstić information content (AvgIpc) is 2.70. The second-order valence-corrected chi connectivity index (χ2v) is 3.61. The molecule has 0 aromatic heterocycles. The van der Waals surface area contributed by atoms with Crippen molar-refractivity contribution in [1.82, 2.24) is 0 Å². The number of allylic oxidation sites excluding steroid dienone is 2. The van der Waals surface area contributed by atoms with Crippen LogP contribution in [-0.4, -0.2) is 45.2 Å². The average molecular weight is 210 g/mol. The fourth-order valence-corrected chi connectivity index (χ4v) is 1.79. The van der Waals surface area contributed by atoms with Crippen LogP contribution in [0.1, 0.15) is 6.42 Å². The molecule has 80 valence electrons. The van der Waals surface area contributed by atoms with Gasteiger partial charge in [-0.3, -0.25) is 9.59 Å². The molecule has 5 nitrogen and oxygen atoms in total. The van der Waals surface area contributed by atoms with E-state index in [-0.39, 0.29) is 17.6 Å². The Balaban J connectivity index is 2.50. The molecular formula is C10H10O5. The van der Waals surface area contributed by atoms with Gasteiger partial charge in [0.1, 0.15) is 18.3 Å². The summed E-state index contributed by atoms with van der Waals surface area (Å²) in [5.41, 5.74) is 0.270. The molecule has 0 spiro atoms. The van der Waals surface area contributed by atoms with E-state index < -0.39 is 29.9 Å². The second kappa shape index (κ2) is 3.37. The summed E-state index contributed by atoms with van der Waals surface area (Å²) in [7, 11) is 0. The van der Waals surface area contributed by atoms with Crippen molar-refractivity contribution in [3.8, 4) is 0 Å². The van der Waals surface area contributed by atoms with Crippen LogP contribution in [0.3, 0.4) is 0 Å². The van der Waals surface area contributed by atoms with E-state index in [1.165, 1.54) is 6.08 Å². The van der Waals surface area contributed by atoms with Crippen LogP contribution in [0.4, 0.5) is 0 Å². The van der Waals surface area contributed by atoms with Crippen molar-refractivity contribution in [2.75, 3.05) is 0 Å². The second-order valence-electron chi connectivity index (χ2n) is 3.61. The van der Waals surface area contributed by atoms with Gasteiger partial charge in [0.2, 0.25) is 0 Å². The minimum absolute atomic E-state index is 0.100. The lowest BCUT2D eigenvalue weighted by atomic mass is 10.0. The lowest BCUT2D eigenvalue weighted by molar-refractivity contribution is -0.140. The van der Waals surface area contributed by atoms with Crippen molar-refractivity contribution in [3.63, 3.8) is 0 Å². The van der Waals surface area contributed by atoms with E-state index in [2.05, 4.69) is 0 Å². The third kappa shape index (κ3) is 1.36. The molecule has 0 fully saturated rings. The van der Waals surface area contributed by atoms with Crippen LogP contribution in [0.5, 0.6) is 0 Å². The smallest absolute Gasteiger partial charge is 0.194 e. The highest BCUT2D eigenvalue weighted by Crippen LogP contribution is 2.27. The van der Waals surface area contributed by atoms with E-state index in [0.29, 0.717) is 0 Å². The number of hydrogen-bond donors (Lipinski definition) is 3. The van der Waals surface area contributed by atoms with Crippen molar-refractivity contribution in [2.45, 2.75) is 24.7 Å². The highest BCUT2D eigenvalue weighted by atomic mass is 16.4. The molecule has 15 heavy (non-hydrogen) atoms. The SMILES string of the molecule is O=C1C2=C(CC=C2)C(=O)C(O)C(O)C1O. The predicted octanol–water partition coefficient (Wildman–Crippen LogP) is -1.52. The maximum atomic E-state index is 11.6. The first kappa shape index (κ1) is 10.2. The summed E-state index contributed by atoms with van der Waals surface area (Å²) in [6.07, 6.45) is -1.91. The van der Waals surface area contributed by atoms with Gasteiger partial charge in [-0.25, -0.2) is 0 Å². The number of Topliss-reactive ketones (excluding diaryl/α,β-unsaturated/α-hetero) is 2. The Morgan fingerprint density at radius 2 is 1.67 bits per heavy atom. The molecular weight excluding hydrogens is 200 g/mol. The van der Waals surface area contributed by atoms with E-state index >= 15 is 0 Å². The van der Waals surface area contributed by atoms with Crippen molar-refractivity contribution in [3.05, 3.63) is 23.3 Å². The van der Waals surface area contributed by atoms with E-state index in [1.54, 1.807) is 6.08 Å². The highest BCUT2D eigenvalue weighted by molar-refractivity contribution is 6.14. The number of aliphatic hydroxyl groups is 3. The van der Waals surface area contributed by atoms with Gasteiger partial charge in [-0.2, -0.15) is 0 Å². The summed E-state index contributed by atoms with van der Waals surface area (Å²) >= 11 is 0. The maximum absolute atomic E-state index is 11.6. The minimum Gasteiger partial charge on any atom is -0.387 e. The molecule has 2 rings (SSSR count). The Labute approximate surface area is 85.3 Å². The van der Waals surface area contributed by atoms with Crippen LogP contribution < -0.4 is 0 Å². The first-order valence-corrected chi connectivity index (χ1v) is 4.56. The van der Waals surface area contributed by atoms with Gasteiger partial charge < -0.3 is 15.3 Å². The van der Waals surface area contributed by atoms with E-state index in [4.69, 9.17) is 0 Å². The van der Waals surface area contributed by atoms with Gasteiger partial charge in [-0.05, 0) is 6.42 Å². The third-order valence-corrected chi connectivity index (χ3v) is 2.68. The van der Waals surface area contributed by atoms with E-state index in [0.717, 1.165) is 0 Å². The Bertz CT molecular complexity index is 393. The van der Waals surface area contributed by atoms with E-state index in [9.17, 15) is 24.9 Å². The molecule has 5 heteroatoms. The normalized spacial score (nSPS) is 35.8. The fourth-order valence-electron chi connectivity index (χ4n) is 1.79. The van der Waals surface area contributed by atoms with Gasteiger partial charge in [0.25, 0.3) is 0 Å². The molecule has 0 saturated heterocycles. The lowest BCUT2D eigenvalue weighted by Gasteiger charge is -2.17. The Hall–Kier alpha value is -1.30. The summed E-state index contributed by atoms with van der Waals surface area (Å²) in [6.45, 7) is 0. The molecule has 0 radical (unpaired) electrons. The molecule has 0 bridgehead atoms. The summed E-state index contributed by atoms with van der Waals surface area (Å²) in [6, 6.07) is 0. The zero-order valence-corrected chi connectivity index (χ0v) is 7.75. The topological polar surface area (TPSA) is 94.8 Å². The van der Waals surface area contributed by atoms with E-state index in [1.807, 2.05) is 0 Å². The van der Waals surface area contributed by atoms with Crippen LogP contribution in [0, 0.1) is 0 Å². The van der Waals surface area contributed by atoms with Crippen LogP contribution in [0.2, 0.25) is 0 Å². The standard InChI is InChI=1S/C10H10O5/c11-6-4-2-1-3-5(4)7(12)9(14)10(15)8(6)13/h1-2,8-10,13-15H,3H2. The van der Waals surface area contributed by atoms with Gasteiger partial charge in [-0.1, -0.05) is 12.2 Å². The molecule has 0 aromatic rings. The maximum Gasteiger partial charge on any atom is 0.194 e. The largest absolute Gasteiger partial charge is 0.387 e. The number of aliphatic hydroxyl groups excluding tert-OH is 3. The number of rotatable bonds is 0. The molecule has 0 aromatic carbocycles. The molecule has 0 amide bonds. The molecule has 0 saturated carbocycles. The van der Waals surface area contributed by atoms with Crippen LogP contribution in [-0.2, 0) is 9.59 Å². The summed E-state index contributed by atoms with van der Waals surface area (Å²) in [4.78, 5) is 23.1. The summed E-state index contributed by atoms with van der Waals surface area (Å²) in [5, 5.41) is 28.1. The Morgan fingerprint density at radius 1 is 1.07 bits per heavy atom. The van der Waals surface area contributed by atoms with Gasteiger partial charge >= 0.3 is 0 Å². The Kier molecular flexibility index (Phi) is 2.30. The van der Waals surface area contributed by atoms with Gasteiger partial charge in [0.05, 0.1) is 0 Å². The zero-order valence-electron chi connectivity index (χ0n) is 7.75. The lowest BCUT2D eigenvalue weighted by Crippen LogP contribution is -2.43. The van der Waals surface area contributed by atoms with Crippen molar-refractivity contribution < 1.29 is 24.9 Å². The molecule has 2 aliphatic carbocycles. The summed E-state index contributed by atoms with van der Waals surface area (Å²) < 4.78 is 0. The molecule has 0 aliphatic heterocycles. The molecule has 2 aliphatic rings. The first-order chi connectivity index (χ1) is 7.04. The van der Waals surface area contributed by atoms with Gasteiger partial charge in [0, 0.05) is 11.1 Å². The fraction of sp³-hybridized carbons (Fsp3) is 0.400. The van der Waals surface area contributed by atoms with Crippen molar-refractivity contribution in [1.29, 1.82) is 0 Å². The number of ketones is 2. The number of carbonyl (C=O) groups excluding carboxylic acids is 2. The third-order valence-electron chi connectivity index (χ3n) is 2.68. The Morgan fingerprint density at radius 3 is 2.33 bits per heavy atom. The summed E-state index contributed by atoms with van der Waals surface area (Å²) in [5.74, 6) is -1.40. The highest BCUT2D eigenvalue weighted by Gasteiger charge is 2.42. The molecule has 0 heterocycles. The molecule has 3 atom stereocenters. The molecule has 3 unspecified atom stereocenters. The number of carbonyl (C=O) groups is 2. The monoisotopic (exact) mass is 210 g/mol. The predicted molar refractivity (Wildman–Crippen MR) is 48.8 cm³/mol. The minimum atomic E-state index is -1.75. The van der Waals surface area contributed by atoms with Crippen molar-refractivity contribution >= 4 is 11.6 Å². The van der Waals surface area contributed by atoms with Crippen LogP contribution >= 0.6 is 0 Å². The quantitative estimate of drug-likeness (QED) is 0.451. The first-order valence-electron chi connectivity index (χ1n) is 4.56. The van der Waals surface area contributed by atoms with Gasteiger partial charge in [-0.15, -0.1) is 0 Å². The zero-order chi connectivity index (χ0) is 11.2. The van der Waals surface area contributed by atoms with Crippen LogP contribution in [0.25, 0.3) is 0 Å².